The maximum absolute atomic E-state index is 14.3. The molecule has 18 N–H and O–H groups in total. The van der Waals surface area contributed by atoms with Crippen molar-refractivity contribution in [3.8, 4) is 0 Å². The highest BCUT2D eigenvalue weighted by atomic mass is 16.4. The zero-order valence-electron chi connectivity index (χ0n) is 47.1. The third-order valence-corrected chi connectivity index (χ3v) is 13.2. The smallest absolute Gasteiger partial charge is 0.326 e. The lowest BCUT2D eigenvalue weighted by molar-refractivity contribution is -0.143. The second-order valence-electron chi connectivity index (χ2n) is 20.4. The van der Waals surface area contributed by atoms with E-state index in [1.807, 2.05) is 0 Å². The van der Waals surface area contributed by atoms with E-state index < -0.39 is 163 Å². The predicted molar refractivity (Wildman–Crippen MR) is 293 cm³/mol. The molecule has 450 valence electrons. The molecule has 1 aromatic carbocycles. The molecule has 80 heavy (non-hydrogen) atoms. The second-order valence-corrected chi connectivity index (χ2v) is 20.4. The van der Waals surface area contributed by atoms with Crippen molar-refractivity contribution < 1.29 is 72.9 Å². The van der Waals surface area contributed by atoms with Crippen molar-refractivity contribution in [1.29, 1.82) is 0 Å². The van der Waals surface area contributed by atoms with Gasteiger partial charge in [0.1, 0.15) is 54.4 Å². The molecule has 0 aliphatic carbocycles. The molecule has 27 nitrogen and oxygen atoms in total. The Morgan fingerprint density at radius 3 is 1.34 bits per heavy atom. The SMILES string of the molecule is CC[C@H](C)[C@H](NC(=O)[C@H](CO)NC(=O)[C@H](CCCCN)NC(C)=O)C(=O)N[C@H](C(=O)N[C@@H](CC(N)=O)C(=O)N[C@@H](Cc1ccccc1)C(=O)N[C@@H](CCC(=O)O)C(=O)N[C@@H](CCCCN)C(=O)N[C@@H](CC(C)C)C(=O)O)[C@@H](C)CC. The van der Waals surface area contributed by atoms with Gasteiger partial charge in [-0.2, -0.15) is 0 Å². The van der Waals surface area contributed by atoms with Crippen molar-refractivity contribution >= 4 is 71.0 Å². The van der Waals surface area contributed by atoms with Gasteiger partial charge in [-0.25, -0.2) is 4.79 Å². The van der Waals surface area contributed by atoms with E-state index in [0.717, 1.165) is 0 Å². The number of carbonyl (C=O) groups excluding carboxylic acids is 10. The van der Waals surface area contributed by atoms with Crippen LogP contribution >= 0.6 is 0 Å². The van der Waals surface area contributed by atoms with E-state index in [4.69, 9.17) is 17.2 Å². The molecule has 27 heteroatoms. The van der Waals surface area contributed by atoms with Crippen LogP contribution in [0.15, 0.2) is 30.3 Å². The molecule has 0 spiro atoms. The Morgan fingerprint density at radius 2 is 0.900 bits per heavy atom. The molecule has 1 rings (SSSR count). The van der Waals surface area contributed by atoms with Gasteiger partial charge < -0.3 is 80.4 Å². The van der Waals surface area contributed by atoms with Gasteiger partial charge in [0, 0.05) is 19.8 Å². The third kappa shape index (κ3) is 26.6. The maximum atomic E-state index is 14.3. The number of benzene rings is 1. The first-order valence-electron chi connectivity index (χ1n) is 27.2. The summed E-state index contributed by atoms with van der Waals surface area (Å²) in [5.41, 5.74) is 17.3. The number of aliphatic hydroxyl groups is 1. The van der Waals surface area contributed by atoms with Crippen LogP contribution in [0.25, 0.3) is 0 Å². The fourth-order valence-electron chi connectivity index (χ4n) is 8.19. The van der Waals surface area contributed by atoms with Crippen molar-refractivity contribution in [2.45, 2.75) is 186 Å². The molecule has 0 bridgehead atoms. The molecule has 0 aromatic heterocycles. The number of hydrogen-bond donors (Lipinski definition) is 15. The van der Waals surface area contributed by atoms with E-state index in [1.54, 1.807) is 71.9 Å². The molecule has 0 aliphatic rings. The van der Waals surface area contributed by atoms with Crippen LogP contribution < -0.4 is 65.1 Å². The Bertz CT molecular complexity index is 2220. The van der Waals surface area contributed by atoms with Crippen LogP contribution in [0, 0.1) is 17.8 Å². The number of carbonyl (C=O) groups is 12. The van der Waals surface area contributed by atoms with E-state index in [9.17, 15) is 72.9 Å². The van der Waals surface area contributed by atoms with E-state index >= 15 is 0 Å². The van der Waals surface area contributed by atoms with Gasteiger partial charge in [0.15, 0.2) is 0 Å². The normalized spacial score (nSPS) is 15.2. The number of amides is 10. The molecule has 0 aliphatic heterocycles. The molecule has 0 fully saturated rings. The van der Waals surface area contributed by atoms with Crippen molar-refractivity contribution in [2.75, 3.05) is 19.7 Å². The summed E-state index contributed by atoms with van der Waals surface area (Å²) < 4.78 is 0. The molecule has 0 saturated carbocycles. The average Bonchev–Trinajstić information content (AvgIpc) is 3.40. The minimum absolute atomic E-state index is 0.00923. The van der Waals surface area contributed by atoms with Gasteiger partial charge in [0.05, 0.1) is 13.0 Å². The first-order chi connectivity index (χ1) is 37.7. The van der Waals surface area contributed by atoms with Crippen molar-refractivity contribution in [2.24, 2.45) is 35.0 Å². The highest BCUT2D eigenvalue weighted by Gasteiger charge is 2.38. The summed E-state index contributed by atoms with van der Waals surface area (Å²) in [5.74, 6) is -13.3. The molecule has 10 amide bonds. The minimum atomic E-state index is -1.80. The largest absolute Gasteiger partial charge is 0.481 e. The van der Waals surface area contributed by atoms with Crippen LogP contribution in [-0.2, 0) is 64.0 Å². The van der Waals surface area contributed by atoms with Gasteiger partial charge in [-0.05, 0) is 87.8 Å². The third-order valence-electron chi connectivity index (χ3n) is 13.2. The first-order valence-corrected chi connectivity index (χ1v) is 27.2. The highest BCUT2D eigenvalue weighted by Crippen LogP contribution is 2.15. The standard InChI is InChI=1S/C53H88N12O15/c1-8-30(5)43(65-52(78)44(31(6)9-2)64-50(76)40(28-66)63-45(71)34(57-32(7)67)19-13-15-23-54)51(77)61-38(27-41(56)68)49(75)60-37(26-33-17-11-10-12-18-33)48(74)59-36(21-22-42(69)70)47(73)58-35(20-14-16-24-55)46(72)62-39(53(79)80)25-29(3)4/h10-12,17-18,29-31,34-40,43-44,66H,8-9,13-16,19-28,54-55H2,1-7H3,(H2,56,68)(H,57,67)(H,58,73)(H,59,74)(H,60,75)(H,61,77)(H,62,72)(H,63,71)(H,64,76)(H,65,78)(H,69,70)(H,79,80)/t30-,31-,34-,35-,36-,37-,38-,39-,40-,43-,44-/m0/s1. The average molecular weight is 1130 g/mol. The summed E-state index contributed by atoms with van der Waals surface area (Å²) in [4.78, 5) is 160. The van der Waals surface area contributed by atoms with Gasteiger partial charge in [0.2, 0.25) is 59.1 Å². The van der Waals surface area contributed by atoms with E-state index in [2.05, 4.69) is 47.9 Å². The fourth-order valence-corrected chi connectivity index (χ4v) is 8.19. The van der Waals surface area contributed by atoms with Gasteiger partial charge in [-0.1, -0.05) is 84.7 Å². The Kier molecular flexibility index (Phi) is 33.2. The predicted octanol–water partition coefficient (Wildman–Crippen LogP) is -2.17. The Balaban J connectivity index is 3.61. The molecule has 0 radical (unpaired) electrons. The second kappa shape index (κ2) is 37.6. The number of unbranched alkanes of at least 4 members (excludes halogenated alkanes) is 2. The summed E-state index contributed by atoms with van der Waals surface area (Å²) in [7, 11) is 0. The zero-order valence-corrected chi connectivity index (χ0v) is 47.1. The number of aliphatic carboxylic acids is 2. The maximum Gasteiger partial charge on any atom is 0.326 e. The van der Waals surface area contributed by atoms with E-state index in [1.165, 1.54) is 6.92 Å². The number of carboxylic acid groups (broad SMARTS) is 2. The Labute approximate surface area is 467 Å². The number of hydrogen-bond acceptors (Lipinski definition) is 15. The topological polar surface area (TPSA) is 452 Å². The van der Waals surface area contributed by atoms with Crippen LogP contribution in [0.3, 0.4) is 0 Å². The molecule has 0 saturated heterocycles. The number of rotatable bonds is 40. The molecule has 11 atom stereocenters. The first kappa shape index (κ1) is 70.8. The van der Waals surface area contributed by atoms with E-state index in [0.29, 0.717) is 44.2 Å². The van der Waals surface area contributed by atoms with E-state index in [-0.39, 0.29) is 44.6 Å². The molecule has 0 unspecified atom stereocenters. The van der Waals surface area contributed by atoms with Gasteiger partial charge in [-0.15, -0.1) is 0 Å². The minimum Gasteiger partial charge on any atom is -0.481 e. The number of carboxylic acids is 2. The zero-order chi connectivity index (χ0) is 60.6. The fraction of sp³-hybridized carbons (Fsp3) is 0.660. The molecule has 1 aromatic rings. The van der Waals surface area contributed by atoms with Gasteiger partial charge in [-0.3, -0.25) is 52.7 Å². The number of nitrogens with two attached hydrogens (primary N) is 3. The summed E-state index contributed by atoms with van der Waals surface area (Å²) in [5, 5.41) is 52.1. The van der Waals surface area contributed by atoms with Crippen LogP contribution in [0.5, 0.6) is 0 Å². The lowest BCUT2D eigenvalue weighted by Crippen LogP contribution is -2.62. The summed E-state index contributed by atoms with van der Waals surface area (Å²) in [6.45, 7) is 11.0. The van der Waals surface area contributed by atoms with Crippen molar-refractivity contribution in [3.05, 3.63) is 35.9 Å². The number of nitrogens with one attached hydrogen (secondary N) is 9. The highest BCUT2D eigenvalue weighted by molar-refractivity contribution is 5.99. The van der Waals surface area contributed by atoms with Crippen LogP contribution in [-0.4, -0.2) is 160 Å². The number of aliphatic hydroxyl groups excluding tert-OH is 1. The molecular formula is C53H88N12O15. The van der Waals surface area contributed by atoms with Crippen molar-refractivity contribution in [3.63, 3.8) is 0 Å². The van der Waals surface area contributed by atoms with Gasteiger partial charge in [0.25, 0.3) is 0 Å². The van der Waals surface area contributed by atoms with Crippen LogP contribution in [0.2, 0.25) is 0 Å². The quantitative estimate of drug-likeness (QED) is 0.0311. The van der Waals surface area contributed by atoms with Crippen LogP contribution in [0.4, 0.5) is 0 Å². The lowest BCUT2D eigenvalue weighted by atomic mass is 9.94. The van der Waals surface area contributed by atoms with Crippen molar-refractivity contribution in [1.82, 2.24) is 47.9 Å². The lowest BCUT2D eigenvalue weighted by Gasteiger charge is -2.31. The Hall–Kier alpha value is -7.26. The number of primary amides is 1. The summed E-state index contributed by atoms with van der Waals surface area (Å²) >= 11 is 0. The van der Waals surface area contributed by atoms with Gasteiger partial charge >= 0.3 is 11.9 Å². The summed E-state index contributed by atoms with van der Waals surface area (Å²) in [6.07, 6.45) is 0.303. The summed E-state index contributed by atoms with van der Waals surface area (Å²) in [6, 6.07) is -4.97. The van der Waals surface area contributed by atoms with Crippen LogP contribution in [0.1, 0.15) is 131 Å². The molecular weight excluding hydrogens is 1040 g/mol. The Morgan fingerprint density at radius 1 is 0.500 bits per heavy atom. The monoisotopic (exact) mass is 1130 g/mol. The molecule has 0 heterocycles.